The number of benzene rings is 1. The van der Waals surface area contributed by atoms with Crippen molar-refractivity contribution in [2.45, 2.75) is 17.8 Å². The summed E-state index contributed by atoms with van der Waals surface area (Å²) in [6.45, 7) is 1.94. The predicted octanol–water partition coefficient (Wildman–Crippen LogP) is 2.28. The van der Waals surface area contributed by atoms with Gasteiger partial charge in [-0.05, 0) is 41.1 Å². The van der Waals surface area contributed by atoms with Gasteiger partial charge in [0.25, 0.3) is 5.56 Å². The molecule has 8 nitrogen and oxygen atoms in total. The molecule has 136 valence electrons. The Morgan fingerprint density at radius 2 is 2.04 bits per heavy atom. The molecule has 0 spiro atoms. The van der Waals surface area contributed by atoms with E-state index < -0.39 is 0 Å². The second-order valence-electron chi connectivity index (χ2n) is 5.85. The topological polar surface area (TPSA) is 87.2 Å². The Labute approximate surface area is 158 Å². The molecule has 0 bridgehead atoms. The zero-order valence-electron chi connectivity index (χ0n) is 14.7. The lowest BCUT2D eigenvalue weighted by molar-refractivity contribution is 0.410. The van der Waals surface area contributed by atoms with E-state index in [1.165, 1.54) is 17.8 Å². The van der Waals surface area contributed by atoms with Crippen molar-refractivity contribution in [2.75, 3.05) is 7.11 Å². The van der Waals surface area contributed by atoms with Crippen molar-refractivity contribution in [3.63, 3.8) is 0 Å². The first-order chi connectivity index (χ1) is 13.2. The van der Waals surface area contributed by atoms with Crippen LogP contribution < -0.4 is 10.3 Å². The summed E-state index contributed by atoms with van der Waals surface area (Å²) in [4.78, 5) is 16.9. The number of rotatable bonds is 5. The smallest absolute Gasteiger partial charge is 0.258 e. The maximum Gasteiger partial charge on any atom is 0.258 e. The van der Waals surface area contributed by atoms with E-state index in [0.29, 0.717) is 28.0 Å². The van der Waals surface area contributed by atoms with Gasteiger partial charge in [-0.25, -0.2) is 4.98 Å². The van der Waals surface area contributed by atoms with Gasteiger partial charge in [-0.1, -0.05) is 30.0 Å². The molecule has 0 amide bonds. The average Bonchev–Trinajstić information content (AvgIpc) is 3.15. The van der Waals surface area contributed by atoms with Crippen molar-refractivity contribution >= 4 is 17.4 Å². The van der Waals surface area contributed by atoms with Crippen LogP contribution in [0.1, 0.15) is 11.3 Å². The maximum atomic E-state index is 12.3. The van der Waals surface area contributed by atoms with Gasteiger partial charge in [-0.2, -0.15) is 4.68 Å². The Balaban J connectivity index is 1.62. The molecule has 1 aromatic carbocycles. The largest absolute Gasteiger partial charge is 0.494 e. The molecule has 3 heterocycles. The van der Waals surface area contributed by atoms with E-state index in [1.54, 1.807) is 22.4 Å². The zero-order valence-corrected chi connectivity index (χ0v) is 15.6. The van der Waals surface area contributed by atoms with E-state index in [9.17, 15) is 4.79 Å². The highest BCUT2D eigenvalue weighted by Gasteiger charge is 2.14. The first-order valence-corrected chi connectivity index (χ1v) is 9.18. The first kappa shape index (κ1) is 17.2. The number of methoxy groups -OCH3 is 1. The second-order valence-corrected chi connectivity index (χ2v) is 6.80. The van der Waals surface area contributed by atoms with Crippen molar-refractivity contribution in [2.24, 2.45) is 0 Å². The summed E-state index contributed by atoms with van der Waals surface area (Å²) >= 11 is 1.40. The van der Waals surface area contributed by atoms with Crippen molar-refractivity contribution in [3.05, 3.63) is 70.3 Å². The second kappa shape index (κ2) is 7.20. The third-order valence-electron chi connectivity index (χ3n) is 3.96. The van der Waals surface area contributed by atoms with Gasteiger partial charge in [0.05, 0.1) is 12.8 Å². The number of hydrogen-bond acceptors (Lipinski definition) is 7. The Kier molecular flexibility index (Phi) is 4.59. The number of aromatic nitrogens is 6. The SMILES string of the molecule is COc1ccccc1-n1nnnc1SCc1cc(=O)n2cc(C)ccc2n1. The summed E-state index contributed by atoms with van der Waals surface area (Å²) in [7, 11) is 1.60. The molecule has 0 atom stereocenters. The van der Waals surface area contributed by atoms with Gasteiger partial charge in [0.15, 0.2) is 0 Å². The summed E-state index contributed by atoms with van der Waals surface area (Å²) in [5.74, 6) is 1.14. The highest BCUT2D eigenvalue weighted by molar-refractivity contribution is 7.98. The number of thioether (sulfide) groups is 1. The van der Waals surface area contributed by atoms with Crippen LogP contribution in [0.4, 0.5) is 0 Å². The van der Waals surface area contributed by atoms with E-state index in [4.69, 9.17) is 4.74 Å². The number of nitrogens with zero attached hydrogens (tertiary/aromatic N) is 6. The quantitative estimate of drug-likeness (QED) is 0.491. The monoisotopic (exact) mass is 380 g/mol. The lowest BCUT2D eigenvalue weighted by Crippen LogP contribution is -2.15. The molecule has 27 heavy (non-hydrogen) atoms. The summed E-state index contributed by atoms with van der Waals surface area (Å²) in [6.07, 6.45) is 1.78. The van der Waals surface area contributed by atoms with Crippen LogP contribution in [-0.4, -0.2) is 36.7 Å². The Morgan fingerprint density at radius 1 is 1.19 bits per heavy atom. The molecule has 9 heteroatoms. The first-order valence-electron chi connectivity index (χ1n) is 8.19. The van der Waals surface area contributed by atoms with E-state index in [0.717, 1.165) is 11.3 Å². The molecule has 0 saturated carbocycles. The lowest BCUT2D eigenvalue weighted by Gasteiger charge is -2.09. The van der Waals surface area contributed by atoms with Gasteiger partial charge < -0.3 is 4.74 Å². The fourth-order valence-electron chi connectivity index (χ4n) is 2.70. The third-order valence-corrected chi connectivity index (χ3v) is 4.92. The predicted molar refractivity (Wildman–Crippen MR) is 101 cm³/mol. The summed E-state index contributed by atoms with van der Waals surface area (Å²) in [5.41, 5.74) is 2.93. The van der Waals surface area contributed by atoms with Crippen molar-refractivity contribution in [1.29, 1.82) is 0 Å². The van der Waals surface area contributed by atoms with Gasteiger partial charge in [0.1, 0.15) is 17.1 Å². The minimum Gasteiger partial charge on any atom is -0.494 e. The lowest BCUT2D eigenvalue weighted by atomic mass is 10.3. The normalized spacial score (nSPS) is 11.0. The summed E-state index contributed by atoms with van der Waals surface area (Å²) in [6, 6.07) is 12.8. The number of pyridine rings is 1. The van der Waals surface area contributed by atoms with E-state index in [1.807, 2.05) is 43.3 Å². The summed E-state index contributed by atoms with van der Waals surface area (Å²) < 4.78 is 8.53. The highest BCUT2D eigenvalue weighted by Crippen LogP contribution is 2.26. The van der Waals surface area contributed by atoms with Crippen LogP contribution in [0.5, 0.6) is 5.75 Å². The molecule has 0 aliphatic heterocycles. The highest BCUT2D eigenvalue weighted by atomic mass is 32.2. The maximum absolute atomic E-state index is 12.3. The van der Waals surface area contributed by atoms with Gasteiger partial charge >= 0.3 is 0 Å². The van der Waals surface area contributed by atoms with E-state index >= 15 is 0 Å². The van der Waals surface area contributed by atoms with Crippen LogP contribution in [0, 0.1) is 6.92 Å². The number of fused-ring (bicyclic) bond motifs is 1. The minimum absolute atomic E-state index is 0.108. The van der Waals surface area contributed by atoms with Gasteiger partial charge in [0, 0.05) is 18.0 Å². The minimum atomic E-state index is -0.108. The van der Waals surface area contributed by atoms with Crippen LogP contribution in [-0.2, 0) is 5.75 Å². The number of aryl methyl sites for hydroxylation is 1. The molecular weight excluding hydrogens is 364 g/mol. The van der Waals surface area contributed by atoms with Crippen LogP contribution in [0.3, 0.4) is 0 Å². The van der Waals surface area contributed by atoms with Gasteiger partial charge in [0.2, 0.25) is 5.16 Å². The third kappa shape index (κ3) is 3.41. The Morgan fingerprint density at radius 3 is 2.89 bits per heavy atom. The van der Waals surface area contributed by atoms with Crippen LogP contribution in [0.25, 0.3) is 11.3 Å². The Hall–Kier alpha value is -3.20. The molecule has 0 N–H and O–H groups in total. The number of ether oxygens (including phenoxy) is 1. The van der Waals surface area contributed by atoms with Gasteiger partial charge in [-0.3, -0.25) is 9.20 Å². The molecule has 0 aliphatic rings. The van der Waals surface area contributed by atoms with E-state index in [-0.39, 0.29) is 5.56 Å². The molecule has 0 radical (unpaired) electrons. The molecule has 0 aliphatic carbocycles. The van der Waals surface area contributed by atoms with Gasteiger partial charge in [-0.15, -0.1) is 5.10 Å². The fraction of sp³-hybridized carbons (Fsp3) is 0.167. The number of tetrazole rings is 1. The molecule has 0 saturated heterocycles. The zero-order chi connectivity index (χ0) is 18.8. The van der Waals surface area contributed by atoms with Crippen LogP contribution >= 0.6 is 11.8 Å². The molecular formula is C18H16N6O2S. The Bertz CT molecular complexity index is 1170. The van der Waals surface area contributed by atoms with Crippen molar-refractivity contribution in [1.82, 2.24) is 29.6 Å². The molecule has 4 rings (SSSR count). The van der Waals surface area contributed by atoms with Crippen molar-refractivity contribution < 1.29 is 4.74 Å². The molecule has 0 fully saturated rings. The number of para-hydroxylation sites is 2. The van der Waals surface area contributed by atoms with Crippen LogP contribution in [0.2, 0.25) is 0 Å². The number of hydrogen-bond donors (Lipinski definition) is 0. The summed E-state index contributed by atoms with van der Waals surface area (Å²) in [5, 5.41) is 12.5. The average molecular weight is 380 g/mol. The standard InChI is InChI=1S/C18H16N6O2S/c1-12-7-8-16-19-13(9-17(25)23(16)10-12)11-27-18-20-21-22-24(18)14-5-3-4-6-15(14)26-2/h3-10H,11H2,1-2H3. The molecule has 0 unspecified atom stereocenters. The van der Waals surface area contributed by atoms with Crippen molar-refractivity contribution in [3.8, 4) is 11.4 Å². The molecule has 4 aromatic rings. The fourth-order valence-corrected chi connectivity index (χ4v) is 3.47. The van der Waals surface area contributed by atoms with Crippen LogP contribution in [0.15, 0.2) is 58.6 Å². The molecule has 3 aromatic heterocycles. The van der Waals surface area contributed by atoms with E-state index in [2.05, 4.69) is 20.5 Å².